The Morgan fingerprint density at radius 2 is 2.00 bits per heavy atom. The van der Waals surface area contributed by atoms with Gasteiger partial charge < -0.3 is 10.1 Å². The van der Waals surface area contributed by atoms with Crippen LogP contribution in [0.15, 0.2) is 24.3 Å². The third-order valence-corrected chi connectivity index (χ3v) is 3.82. The molecule has 0 spiro atoms. The van der Waals surface area contributed by atoms with Gasteiger partial charge in [-0.3, -0.25) is 4.79 Å². The maximum absolute atomic E-state index is 13.4. The fourth-order valence-corrected chi connectivity index (χ4v) is 2.78. The summed E-state index contributed by atoms with van der Waals surface area (Å²) in [5, 5.41) is 3.27. The maximum atomic E-state index is 13.4. The van der Waals surface area contributed by atoms with Crippen molar-refractivity contribution in [2.24, 2.45) is 5.41 Å². The van der Waals surface area contributed by atoms with E-state index in [-0.39, 0.29) is 11.8 Å². The van der Waals surface area contributed by atoms with E-state index < -0.39 is 11.0 Å². The molecule has 0 atom stereocenters. The molecule has 0 aromatic heterocycles. The third kappa shape index (κ3) is 4.27. The topological polar surface area (TPSA) is 38.3 Å². The van der Waals surface area contributed by atoms with Crippen LogP contribution < -0.4 is 5.32 Å². The summed E-state index contributed by atoms with van der Waals surface area (Å²) >= 11 is 0. The monoisotopic (exact) mass is 293 g/mol. The number of esters is 1. The molecule has 116 valence electrons. The van der Waals surface area contributed by atoms with Crippen LogP contribution in [0, 0.1) is 11.2 Å². The highest BCUT2D eigenvalue weighted by Crippen LogP contribution is 2.36. The van der Waals surface area contributed by atoms with Gasteiger partial charge in [0.05, 0.1) is 5.41 Å². The molecule has 3 nitrogen and oxygen atoms in total. The van der Waals surface area contributed by atoms with Crippen LogP contribution in [0.2, 0.25) is 0 Å². The Bertz CT molecular complexity index is 502. The number of carbonyl (C=O) groups is 1. The van der Waals surface area contributed by atoms with Crippen molar-refractivity contribution in [3.05, 3.63) is 35.6 Å². The van der Waals surface area contributed by atoms with Crippen LogP contribution >= 0.6 is 0 Å². The van der Waals surface area contributed by atoms with E-state index >= 15 is 0 Å². The number of rotatable bonds is 3. The van der Waals surface area contributed by atoms with Crippen molar-refractivity contribution in [3.63, 3.8) is 0 Å². The quantitative estimate of drug-likeness (QED) is 0.870. The number of ether oxygens (including phenoxy) is 1. The Balaban J connectivity index is 2.22. The van der Waals surface area contributed by atoms with Gasteiger partial charge in [0.25, 0.3) is 0 Å². The third-order valence-electron chi connectivity index (χ3n) is 3.82. The van der Waals surface area contributed by atoms with Gasteiger partial charge in [0.2, 0.25) is 0 Å². The van der Waals surface area contributed by atoms with Gasteiger partial charge in [-0.1, -0.05) is 12.1 Å². The summed E-state index contributed by atoms with van der Waals surface area (Å²) in [6, 6.07) is 6.49. The van der Waals surface area contributed by atoms with E-state index in [1.165, 1.54) is 12.1 Å². The molecule has 1 fully saturated rings. The Hall–Kier alpha value is -1.42. The van der Waals surface area contributed by atoms with Crippen molar-refractivity contribution in [3.8, 4) is 0 Å². The van der Waals surface area contributed by atoms with Crippen molar-refractivity contribution in [2.45, 2.75) is 45.6 Å². The van der Waals surface area contributed by atoms with Crippen LogP contribution in [0.1, 0.15) is 39.2 Å². The number of halogens is 1. The fourth-order valence-electron chi connectivity index (χ4n) is 2.78. The Morgan fingerprint density at radius 1 is 1.33 bits per heavy atom. The molecule has 1 aliphatic heterocycles. The average molecular weight is 293 g/mol. The number of benzene rings is 1. The Morgan fingerprint density at radius 3 is 2.57 bits per heavy atom. The summed E-state index contributed by atoms with van der Waals surface area (Å²) in [6.45, 7) is 7.20. The summed E-state index contributed by atoms with van der Waals surface area (Å²) in [5.41, 5.74) is -0.203. The van der Waals surface area contributed by atoms with E-state index in [1.807, 2.05) is 26.8 Å². The van der Waals surface area contributed by atoms with Gasteiger partial charge in [0.15, 0.2) is 0 Å². The number of nitrogens with one attached hydrogen (secondary N) is 1. The van der Waals surface area contributed by atoms with Crippen molar-refractivity contribution in [1.29, 1.82) is 0 Å². The summed E-state index contributed by atoms with van der Waals surface area (Å²) in [7, 11) is 0. The van der Waals surface area contributed by atoms with E-state index in [4.69, 9.17) is 4.74 Å². The summed E-state index contributed by atoms with van der Waals surface area (Å²) in [6.07, 6.45) is 1.97. The van der Waals surface area contributed by atoms with Crippen LogP contribution in [0.3, 0.4) is 0 Å². The highest BCUT2D eigenvalue weighted by molar-refractivity contribution is 5.78. The molecule has 1 aromatic carbocycles. The second-order valence-electron chi connectivity index (χ2n) is 6.84. The van der Waals surface area contributed by atoms with E-state index in [2.05, 4.69) is 5.32 Å². The van der Waals surface area contributed by atoms with E-state index in [9.17, 15) is 9.18 Å². The standard InChI is InChI=1S/C17H24FNO2/c1-16(2,3)21-15(20)17(7-9-19-10-8-17)12-13-5-4-6-14(18)11-13/h4-6,11,19H,7-10,12H2,1-3H3. The van der Waals surface area contributed by atoms with Crippen LogP contribution in [0.25, 0.3) is 0 Å². The van der Waals surface area contributed by atoms with Gasteiger partial charge in [-0.05, 0) is 70.8 Å². The van der Waals surface area contributed by atoms with Crippen molar-refractivity contribution < 1.29 is 13.9 Å². The summed E-state index contributed by atoms with van der Waals surface area (Å²) < 4.78 is 19.0. The highest BCUT2D eigenvalue weighted by atomic mass is 19.1. The molecule has 0 radical (unpaired) electrons. The molecule has 1 aromatic rings. The van der Waals surface area contributed by atoms with Gasteiger partial charge in [-0.2, -0.15) is 0 Å². The molecule has 1 heterocycles. The molecule has 0 aliphatic carbocycles. The van der Waals surface area contributed by atoms with Crippen molar-refractivity contribution >= 4 is 5.97 Å². The minimum atomic E-state index is -0.549. The lowest BCUT2D eigenvalue weighted by atomic mass is 9.74. The van der Waals surface area contributed by atoms with Crippen LogP contribution in [0.4, 0.5) is 4.39 Å². The summed E-state index contributed by atoms with van der Waals surface area (Å²) in [4.78, 5) is 12.7. The molecular formula is C17H24FNO2. The first-order valence-corrected chi connectivity index (χ1v) is 7.49. The van der Waals surface area contributed by atoms with Gasteiger partial charge in [0.1, 0.15) is 11.4 Å². The molecule has 4 heteroatoms. The molecule has 0 saturated carbocycles. The van der Waals surface area contributed by atoms with Crippen molar-refractivity contribution in [2.75, 3.05) is 13.1 Å². The predicted octanol–water partition coefficient (Wildman–Crippen LogP) is 3.08. The van der Waals surface area contributed by atoms with Crippen LogP contribution in [0.5, 0.6) is 0 Å². The lowest BCUT2D eigenvalue weighted by molar-refractivity contribution is -0.169. The molecule has 1 aliphatic rings. The number of hydrogen-bond acceptors (Lipinski definition) is 3. The molecular weight excluding hydrogens is 269 g/mol. The smallest absolute Gasteiger partial charge is 0.313 e. The zero-order valence-electron chi connectivity index (χ0n) is 13.0. The average Bonchev–Trinajstić information content (AvgIpc) is 2.37. The SMILES string of the molecule is CC(C)(C)OC(=O)C1(Cc2cccc(F)c2)CCNCC1. The van der Waals surface area contributed by atoms with Crippen LogP contribution in [-0.4, -0.2) is 24.7 Å². The van der Waals surface area contributed by atoms with E-state index in [0.29, 0.717) is 6.42 Å². The minimum Gasteiger partial charge on any atom is -0.460 e. The molecule has 1 N–H and O–H groups in total. The normalized spacial score (nSPS) is 18.3. The molecule has 0 bridgehead atoms. The molecule has 0 unspecified atom stereocenters. The fraction of sp³-hybridized carbons (Fsp3) is 0.588. The summed E-state index contributed by atoms with van der Waals surface area (Å²) in [5.74, 6) is -0.429. The first-order chi connectivity index (χ1) is 9.81. The first kappa shape index (κ1) is 16.0. The highest BCUT2D eigenvalue weighted by Gasteiger charge is 2.42. The van der Waals surface area contributed by atoms with Crippen LogP contribution in [-0.2, 0) is 16.0 Å². The lowest BCUT2D eigenvalue weighted by Gasteiger charge is -2.37. The van der Waals surface area contributed by atoms with Gasteiger partial charge >= 0.3 is 5.97 Å². The maximum Gasteiger partial charge on any atom is 0.313 e. The number of hydrogen-bond donors (Lipinski definition) is 1. The molecule has 1 saturated heterocycles. The molecule has 2 rings (SSSR count). The van der Waals surface area contributed by atoms with E-state index in [1.54, 1.807) is 6.07 Å². The van der Waals surface area contributed by atoms with Gasteiger partial charge in [-0.25, -0.2) is 4.39 Å². The molecule has 0 amide bonds. The number of carbonyl (C=O) groups excluding carboxylic acids is 1. The second-order valence-corrected chi connectivity index (χ2v) is 6.84. The first-order valence-electron chi connectivity index (χ1n) is 7.49. The van der Waals surface area contributed by atoms with E-state index in [0.717, 1.165) is 31.5 Å². The largest absolute Gasteiger partial charge is 0.460 e. The number of piperidine rings is 1. The van der Waals surface area contributed by atoms with Gasteiger partial charge in [0, 0.05) is 0 Å². The molecule has 21 heavy (non-hydrogen) atoms. The predicted molar refractivity (Wildman–Crippen MR) is 80.5 cm³/mol. The Labute approximate surface area is 125 Å². The Kier molecular flexibility index (Phi) is 4.67. The zero-order valence-corrected chi connectivity index (χ0v) is 13.0. The zero-order chi connectivity index (χ0) is 15.5. The lowest BCUT2D eigenvalue weighted by Crippen LogP contribution is -2.46. The second kappa shape index (κ2) is 6.14. The van der Waals surface area contributed by atoms with Gasteiger partial charge in [-0.15, -0.1) is 0 Å². The van der Waals surface area contributed by atoms with Crippen molar-refractivity contribution in [1.82, 2.24) is 5.32 Å². The minimum absolute atomic E-state index is 0.166.